The molecule has 0 bridgehead atoms. The fraction of sp³-hybridized carbons (Fsp3) is 0.938. The molecule has 2 rings (SSSR count). The fourth-order valence-corrected chi connectivity index (χ4v) is 4.27. The van der Waals surface area contributed by atoms with E-state index in [1.807, 2.05) is 14.1 Å². The van der Waals surface area contributed by atoms with Crippen molar-refractivity contribution in [2.24, 2.45) is 23.7 Å². The van der Waals surface area contributed by atoms with Crippen LogP contribution in [0.3, 0.4) is 0 Å². The number of nitrogens with one attached hydrogen (secondary N) is 1. The monoisotopic (exact) mass is 266 g/mol. The van der Waals surface area contributed by atoms with Crippen molar-refractivity contribution in [1.82, 2.24) is 10.2 Å². The van der Waals surface area contributed by atoms with Gasteiger partial charge < -0.3 is 10.2 Å². The van der Waals surface area contributed by atoms with Gasteiger partial charge in [-0.05, 0) is 62.3 Å². The van der Waals surface area contributed by atoms with Crippen LogP contribution in [0.25, 0.3) is 0 Å². The van der Waals surface area contributed by atoms with Gasteiger partial charge in [0.25, 0.3) is 0 Å². The van der Waals surface area contributed by atoms with Gasteiger partial charge in [0.1, 0.15) is 0 Å². The molecule has 0 spiro atoms. The number of amides is 1. The Kier molecular flexibility index (Phi) is 4.88. The lowest BCUT2D eigenvalue weighted by Gasteiger charge is -2.40. The van der Waals surface area contributed by atoms with E-state index in [1.54, 1.807) is 4.90 Å². The molecule has 2 fully saturated rings. The maximum Gasteiger partial charge on any atom is 0.239 e. The van der Waals surface area contributed by atoms with Crippen molar-refractivity contribution in [3.05, 3.63) is 0 Å². The molecule has 0 radical (unpaired) electrons. The average molecular weight is 266 g/mol. The Hall–Kier alpha value is -0.570. The van der Waals surface area contributed by atoms with Crippen LogP contribution in [0.15, 0.2) is 0 Å². The maximum atomic E-state index is 12.1. The number of piperidine rings is 1. The molecule has 2 aliphatic rings. The van der Waals surface area contributed by atoms with Crippen molar-refractivity contribution in [3.63, 3.8) is 0 Å². The van der Waals surface area contributed by atoms with E-state index in [0.717, 1.165) is 36.6 Å². The SMILES string of the molecule is CC1CC(C)CC(C2CCNC(C(=O)N(C)C)C2)C1. The molecule has 1 saturated heterocycles. The summed E-state index contributed by atoms with van der Waals surface area (Å²) in [4.78, 5) is 13.8. The first-order valence-corrected chi connectivity index (χ1v) is 7.92. The maximum absolute atomic E-state index is 12.1. The van der Waals surface area contributed by atoms with Gasteiger partial charge in [-0.1, -0.05) is 13.8 Å². The van der Waals surface area contributed by atoms with E-state index in [2.05, 4.69) is 19.2 Å². The standard InChI is InChI=1S/C16H30N2O/c1-11-7-12(2)9-14(8-11)13-5-6-17-15(10-13)16(19)18(3)4/h11-15,17H,5-10H2,1-4H3. The molecule has 110 valence electrons. The van der Waals surface area contributed by atoms with E-state index < -0.39 is 0 Å². The summed E-state index contributed by atoms with van der Waals surface area (Å²) in [5.41, 5.74) is 0. The van der Waals surface area contributed by atoms with Crippen LogP contribution in [0.1, 0.15) is 46.0 Å². The smallest absolute Gasteiger partial charge is 0.239 e. The van der Waals surface area contributed by atoms with Crippen molar-refractivity contribution < 1.29 is 4.79 Å². The fourth-order valence-electron chi connectivity index (χ4n) is 4.27. The second kappa shape index (κ2) is 6.25. The topological polar surface area (TPSA) is 32.3 Å². The summed E-state index contributed by atoms with van der Waals surface area (Å²) >= 11 is 0. The van der Waals surface area contributed by atoms with Gasteiger partial charge >= 0.3 is 0 Å². The molecule has 1 aliphatic carbocycles. The van der Waals surface area contributed by atoms with Crippen LogP contribution in [0, 0.1) is 23.7 Å². The first-order chi connectivity index (χ1) is 8.97. The molecule has 4 atom stereocenters. The number of hydrogen-bond acceptors (Lipinski definition) is 2. The largest absolute Gasteiger partial charge is 0.347 e. The Morgan fingerprint density at radius 2 is 1.63 bits per heavy atom. The van der Waals surface area contributed by atoms with Crippen LogP contribution < -0.4 is 5.32 Å². The Morgan fingerprint density at radius 1 is 1.00 bits per heavy atom. The first-order valence-electron chi connectivity index (χ1n) is 7.92. The minimum absolute atomic E-state index is 0.0567. The van der Waals surface area contributed by atoms with Crippen LogP contribution in [-0.4, -0.2) is 37.5 Å². The second-order valence-electron chi connectivity index (χ2n) is 7.20. The highest BCUT2D eigenvalue weighted by Gasteiger charge is 2.35. The molecule has 0 aromatic carbocycles. The molecule has 4 unspecified atom stereocenters. The zero-order chi connectivity index (χ0) is 14.0. The number of hydrogen-bond donors (Lipinski definition) is 1. The lowest BCUT2D eigenvalue weighted by Crippen LogP contribution is -2.49. The van der Waals surface area contributed by atoms with E-state index in [0.29, 0.717) is 0 Å². The summed E-state index contributed by atoms with van der Waals surface area (Å²) in [5.74, 6) is 3.58. The Bertz CT molecular complexity index is 306. The molecular formula is C16H30N2O. The summed E-state index contributed by atoms with van der Waals surface area (Å²) in [6, 6.07) is 0.0567. The minimum Gasteiger partial charge on any atom is -0.347 e. The van der Waals surface area contributed by atoms with Gasteiger partial charge in [-0.15, -0.1) is 0 Å². The van der Waals surface area contributed by atoms with Crippen LogP contribution >= 0.6 is 0 Å². The molecule has 0 aromatic heterocycles. The van der Waals surface area contributed by atoms with Crippen molar-refractivity contribution in [2.45, 2.75) is 52.0 Å². The number of carbonyl (C=O) groups excluding carboxylic acids is 1. The van der Waals surface area contributed by atoms with Gasteiger partial charge in [0.05, 0.1) is 6.04 Å². The molecule has 3 heteroatoms. The minimum atomic E-state index is 0.0567. The molecular weight excluding hydrogens is 236 g/mol. The van der Waals surface area contributed by atoms with Crippen molar-refractivity contribution in [1.29, 1.82) is 0 Å². The highest BCUT2D eigenvalue weighted by atomic mass is 16.2. The van der Waals surface area contributed by atoms with Gasteiger partial charge in [-0.2, -0.15) is 0 Å². The summed E-state index contributed by atoms with van der Waals surface area (Å²) < 4.78 is 0. The third-order valence-electron chi connectivity index (χ3n) is 5.06. The molecule has 1 amide bonds. The average Bonchev–Trinajstić information content (AvgIpc) is 2.36. The highest BCUT2D eigenvalue weighted by molar-refractivity contribution is 5.81. The second-order valence-corrected chi connectivity index (χ2v) is 7.20. The number of nitrogens with zero attached hydrogens (tertiary/aromatic N) is 1. The first kappa shape index (κ1) is 14.8. The van der Waals surface area contributed by atoms with Gasteiger partial charge in [0.15, 0.2) is 0 Å². The third-order valence-corrected chi connectivity index (χ3v) is 5.06. The van der Waals surface area contributed by atoms with E-state index >= 15 is 0 Å². The lowest BCUT2D eigenvalue weighted by atomic mass is 9.68. The van der Waals surface area contributed by atoms with E-state index in [1.165, 1.54) is 25.7 Å². The van der Waals surface area contributed by atoms with Gasteiger partial charge in [-0.3, -0.25) is 4.79 Å². The van der Waals surface area contributed by atoms with Crippen LogP contribution in [0.2, 0.25) is 0 Å². The molecule has 1 saturated carbocycles. The molecule has 1 aliphatic heterocycles. The van der Waals surface area contributed by atoms with Gasteiger partial charge in [0, 0.05) is 14.1 Å². The zero-order valence-corrected chi connectivity index (χ0v) is 13.0. The number of rotatable bonds is 2. The summed E-state index contributed by atoms with van der Waals surface area (Å²) in [5, 5.41) is 3.40. The van der Waals surface area contributed by atoms with Crippen LogP contribution in [-0.2, 0) is 4.79 Å². The predicted octanol–water partition coefficient (Wildman–Crippen LogP) is 2.52. The number of likely N-dealkylation sites (N-methyl/N-ethyl adjacent to an activating group) is 1. The normalized spacial score (nSPS) is 39.9. The van der Waals surface area contributed by atoms with E-state index in [-0.39, 0.29) is 11.9 Å². The summed E-state index contributed by atoms with van der Waals surface area (Å²) in [6.07, 6.45) is 6.43. The Labute approximate surface area is 118 Å². The number of carbonyl (C=O) groups is 1. The van der Waals surface area contributed by atoms with Gasteiger partial charge in [-0.25, -0.2) is 0 Å². The summed E-state index contributed by atoms with van der Waals surface area (Å²) in [7, 11) is 3.72. The molecule has 0 aromatic rings. The van der Waals surface area contributed by atoms with Crippen molar-refractivity contribution in [3.8, 4) is 0 Å². The van der Waals surface area contributed by atoms with Crippen molar-refractivity contribution >= 4 is 5.91 Å². The van der Waals surface area contributed by atoms with Crippen LogP contribution in [0.5, 0.6) is 0 Å². The quantitative estimate of drug-likeness (QED) is 0.833. The Morgan fingerprint density at radius 3 is 2.21 bits per heavy atom. The molecule has 1 heterocycles. The third kappa shape index (κ3) is 3.71. The molecule has 1 N–H and O–H groups in total. The lowest BCUT2D eigenvalue weighted by molar-refractivity contribution is -0.132. The van der Waals surface area contributed by atoms with E-state index in [4.69, 9.17) is 0 Å². The van der Waals surface area contributed by atoms with Crippen LogP contribution in [0.4, 0.5) is 0 Å². The summed E-state index contributed by atoms with van der Waals surface area (Å²) in [6.45, 7) is 5.80. The predicted molar refractivity (Wildman–Crippen MR) is 78.9 cm³/mol. The van der Waals surface area contributed by atoms with Gasteiger partial charge in [0.2, 0.25) is 5.91 Å². The zero-order valence-electron chi connectivity index (χ0n) is 13.0. The molecule has 3 nitrogen and oxygen atoms in total. The molecule has 19 heavy (non-hydrogen) atoms. The van der Waals surface area contributed by atoms with Crippen molar-refractivity contribution in [2.75, 3.05) is 20.6 Å². The Balaban J connectivity index is 1.95. The van der Waals surface area contributed by atoms with E-state index in [9.17, 15) is 4.79 Å². The highest BCUT2D eigenvalue weighted by Crippen LogP contribution is 2.40.